The first-order chi connectivity index (χ1) is 10.1. The summed E-state index contributed by atoms with van der Waals surface area (Å²) in [5.41, 5.74) is 7.40. The third-order valence-electron chi connectivity index (χ3n) is 4.59. The molecule has 3 atom stereocenters. The summed E-state index contributed by atoms with van der Waals surface area (Å²) < 4.78 is 10.8. The van der Waals surface area contributed by atoms with Gasteiger partial charge in [0.15, 0.2) is 0 Å². The van der Waals surface area contributed by atoms with Crippen LogP contribution in [-0.4, -0.2) is 37.7 Å². The van der Waals surface area contributed by atoms with E-state index in [0.717, 1.165) is 18.0 Å². The molecule has 1 aliphatic heterocycles. The van der Waals surface area contributed by atoms with E-state index < -0.39 is 0 Å². The fourth-order valence-corrected chi connectivity index (χ4v) is 3.37. The Labute approximate surface area is 128 Å². The lowest BCUT2D eigenvalue weighted by Gasteiger charge is -2.42. The largest absolute Gasteiger partial charge is 0.497 e. The van der Waals surface area contributed by atoms with Crippen molar-refractivity contribution in [2.75, 3.05) is 20.8 Å². The molecule has 0 saturated carbocycles. The summed E-state index contributed by atoms with van der Waals surface area (Å²) in [7, 11) is 3.39. The van der Waals surface area contributed by atoms with Crippen molar-refractivity contribution >= 4 is 0 Å². The van der Waals surface area contributed by atoms with Gasteiger partial charge in [0.2, 0.25) is 0 Å². The maximum atomic E-state index is 6.20. The van der Waals surface area contributed by atoms with Gasteiger partial charge in [0.1, 0.15) is 11.5 Å². The number of piperidine rings is 1. The average Bonchev–Trinajstić information content (AvgIpc) is 2.53. The lowest BCUT2D eigenvalue weighted by Crippen LogP contribution is -2.49. The van der Waals surface area contributed by atoms with Crippen molar-refractivity contribution in [3.05, 3.63) is 23.8 Å². The molecule has 2 N–H and O–H groups in total. The van der Waals surface area contributed by atoms with Gasteiger partial charge in [-0.25, -0.2) is 0 Å². The van der Waals surface area contributed by atoms with E-state index in [1.165, 1.54) is 24.8 Å². The fourth-order valence-electron chi connectivity index (χ4n) is 3.37. The smallest absolute Gasteiger partial charge is 0.127 e. The van der Waals surface area contributed by atoms with Crippen LogP contribution in [0.15, 0.2) is 18.2 Å². The van der Waals surface area contributed by atoms with Crippen molar-refractivity contribution in [2.45, 2.75) is 51.2 Å². The number of nitrogens with zero attached hydrogens (tertiary/aromatic N) is 1. The summed E-state index contributed by atoms with van der Waals surface area (Å²) in [6.45, 7) is 5.45. The lowest BCUT2D eigenvalue weighted by molar-refractivity contribution is 0.0877. The van der Waals surface area contributed by atoms with Crippen LogP contribution < -0.4 is 15.2 Å². The van der Waals surface area contributed by atoms with E-state index in [4.69, 9.17) is 15.2 Å². The first-order valence-corrected chi connectivity index (χ1v) is 7.81. The van der Waals surface area contributed by atoms with Crippen LogP contribution in [0, 0.1) is 0 Å². The van der Waals surface area contributed by atoms with E-state index >= 15 is 0 Å². The highest BCUT2D eigenvalue weighted by Crippen LogP contribution is 2.35. The Hall–Kier alpha value is -1.26. The molecule has 1 aromatic carbocycles. The maximum absolute atomic E-state index is 6.20. The van der Waals surface area contributed by atoms with Crippen molar-refractivity contribution < 1.29 is 9.47 Å². The van der Waals surface area contributed by atoms with Gasteiger partial charge in [-0.2, -0.15) is 0 Å². The zero-order chi connectivity index (χ0) is 15.4. The van der Waals surface area contributed by atoms with Crippen LogP contribution >= 0.6 is 0 Å². The molecule has 0 aromatic heterocycles. The predicted octanol–water partition coefficient (Wildman–Crippen LogP) is 2.97. The van der Waals surface area contributed by atoms with Crippen LogP contribution in [-0.2, 0) is 0 Å². The predicted molar refractivity (Wildman–Crippen MR) is 86.0 cm³/mol. The number of rotatable bonds is 5. The van der Waals surface area contributed by atoms with E-state index in [-0.39, 0.29) is 6.04 Å². The zero-order valence-corrected chi connectivity index (χ0v) is 13.6. The molecule has 1 saturated heterocycles. The van der Waals surface area contributed by atoms with Crippen molar-refractivity contribution in [3.63, 3.8) is 0 Å². The highest BCUT2D eigenvalue weighted by atomic mass is 16.5. The van der Waals surface area contributed by atoms with Crippen LogP contribution in [0.1, 0.15) is 44.7 Å². The molecule has 0 aliphatic carbocycles. The summed E-state index contributed by atoms with van der Waals surface area (Å²) in [4.78, 5) is 2.53. The molecule has 0 bridgehead atoms. The Kier molecular flexibility index (Phi) is 5.48. The Bertz CT molecular complexity index is 462. The summed E-state index contributed by atoms with van der Waals surface area (Å²) in [6, 6.07) is 6.99. The molecule has 1 heterocycles. The van der Waals surface area contributed by atoms with Gasteiger partial charge in [-0.05, 0) is 39.3 Å². The Morgan fingerprint density at radius 2 is 1.95 bits per heavy atom. The van der Waals surface area contributed by atoms with Gasteiger partial charge in [-0.15, -0.1) is 0 Å². The van der Waals surface area contributed by atoms with E-state index in [1.807, 2.05) is 12.1 Å². The summed E-state index contributed by atoms with van der Waals surface area (Å²) in [6.07, 6.45) is 3.70. The molecule has 4 heteroatoms. The minimum Gasteiger partial charge on any atom is -0.497 e. The SMILES string of the molecule is COc1ccc(C(C)N2CCCCC2C(C)N)c(OC)c1. The van der Waals surface area contributed by atoms with Gasteiger partial charge >= 0.3 is 0 Å². The number of methoxy groups -OCH3 is 2. The fraction of sp³-hybridized carbons (Fsp3) is 0.647. The molecular weight excluding hydrogens is 264 g/mol. The lowest BCUT2D eigenvalue weighted by atomic mass is 9.93. The van der Waals surface area contributed by atoms with Crippen molar-refractivity contribution in [1.82, 2.24) is 4.90 Å². The quantitative estimate of drug-likeness (QED) is 0.906. The second kappa shape index (κ2) is 7.14. The van der Waals surface area contributed by atoms with Crippen molar-refractivity contribution in [3.8, 4) is 11.5 Å². The standard InChI is InChI=1S/C17H28N2O2/c1-12(18)16-7-5-6-10-19(16)13(2)15-9-8-14(20-3)11-17(15)21-4/h8-9,11-13,16H,5-7,10,18H2,1-4H3. The molecule has 0 radical (unpaired) electrons. The molecule has 0 amide bonds. The number of nitrogens with two attached hydrogens (primary N) is 1. The maximum Gasteiger partial charge on any atom is 0.127 e. The van der Waals surface area contributed by atoms with Gasteiger partial charge in [0.25, 0.3) is 0 Å². The van der Waals surface area contributed by atoms with E-state index in [9.17, 15) is 0 Å². The molecular formula is C17H28N2O2. The summed E-state index contributed by atoms with van der Waals surface area (Å²) in [5, 5.41) is 0. The van der Waals surface area contributed by atoms with Crippen LogP contribution in [0.3, 0.4) is 0 Å². The average molecular weight is 292 g/mol. The molecule has 1 aliphatic rings. The number of hydrogen-bond acceptors (Lipinski definition) is 4. The second-order valence-electron chi connectivity index (χ2n) is 5.94. The van der Waals surface area contributed by atoms with Gasteiger partial charge in [0.05, 0.1) is 14.2 Å². The zero-order valence-electron chi connectivity index (χ0n) is 13.6. The highest BCUT2D eigenvalue weighted by Gasteiger charge is 2.30. The Morgan fingerprint density at radius 1 is 1.19 bits per heavy atom. The third-order valence-corrected chi connectivity index (χ3v) is 4.59. The van der Waals surface area contributed by atoms with Gasteiger partial charge < -0.3 is 15.2 Å². The number of likely N-dealkylation sites (tertiary alicyclic amines) is 1. The van der Waals surface area contributed by atoms with E-state index in [0.29, 0.717) is 12.1 Å². The molecule has 2 rings (SSSR count). The molecule has 118 valence electrons. The Balaban J connectivity index is 2.27. The van der Waals surface area contributed by atoms with Crippen LogP contribution in [0.2, 0.25) is 0 Å². The van der Waals surface area contributed by atoms with Gasteiger partial charge in [-0.1, -0.05) is 12.5 Å². The van der Waals surface area contributed by atoms with Gasteiger partial charge in [0, 0.05) is 29.8 Å². The molecule has 21 heavy (non-hydrogen) atoms. The van der Waals surface area contributed by atoms with Crippen LogP contribution in [0.25, 0.3) is 0 Å². The van der Waals surface area contributed by atoms with Gasteiger partial charge in [-0.3, -0.25) is 4.90 Å². The van der Waals surface area contributed by atoms with E-state index in [1.54, 1.807) is 14.2 Å². The number of ether oxygens (including phenoxy) is 2. The normalized spacial score (nSPS) is 22.6. The Morgan fingerprint density at radius 3 is 2.57 bits per heavy atom. The molecule has 0 spiro atoms. The highest BCUT2D eigenvalue weighted by molar-refractivity contribution is 5.42. The number of benzene rings is 1. The monoisotopic (exact) mass is 292 g/mol. The molecule has 3 unspecified atom stereocenters. The molecule has 4 nitrogen and oxygen atoms in total. The minimum absolute atomic E-state index is 0.192. The van der Waals surface area contributed by atoms with E-state index in [2.05, 4.69) is 24.8 Å². The third kappa shape index (κ3) is 3.50. The summed E-state index contributed by atoms with van der Waals surface area (Å²) in [5.74, 6) is 1.71. The molecule has 1 aromatic rings. The van der Waals surface area contributed by atoms with Crippen molar-refractivity contribution in [2.24, 2.45) is 5.73 Å². The number of hydrogen-bond donors (Lipinski definition) is 1. The minimum atomic E-state index is 0.192. The molecule has 1 fully saturated rings. The second-order valence-corrected chi connectivity index (χ2v) is 5.94. The first kappa shape index (κ1) is 16.1. The van der Waals surface area contributed by atoms with Crippen LogP contribution in [0.5, 0.6) is 11.5 Å². The van der Waals surface area contributed by atoms with Crippen molar-refractivity contribution in [1.29, 1.82) is 0 Å². The van der Waals surface area contributed by atoms with Crippen LogP contribution in [0.4, 0.5) is 0 Å². The first-order valence-electron chi connectivity index (χ1n) is 7.81. The summed E-state index contributed by atoms with van der Waals surface area (Å²) >= 11 is 0. The topological polar surface area (TPSA) is 47.7 Å².